The number of hydrogen-bond acceptors (Lipinski definition) is 3. The maximum Gasteiger partial charge on any atom is 0.412 e. The summed E-state index contributed by atoms with van der Waals surface area (Å²) >= 11 is 6.11. The van der Waals surface area contributed by atoms with Crippen molar-refractivity contribution in [2.24, 2.45) is 0 Å². The van der Waals surface area contributed by atoms with Crippen molar-refractivity contribution in [2.45, 2.75) is 45.8 Å². The van der Waals surface area contributed by atoms with Crippen molar-refractivity contribution in [1.82, 2.24) is 5.32 Å². The number of rotatable bonds is 3. The predicted molar refractivity (Wildman–Crippen MR) is 83.4 cm³/mol. The van der Waals surface area contributed by atoms with E-state index >= 15 is 0 Å². The quantitative estimate of drug-likeness (QED) is 0.881. The minimum Gasteiger partial charge on any atom is -0.444 e. The number of carbonyl (C=O) groups is 1. The Morgan fingerprint density at radius 1 is 1.20 bits per heavy atom. The van der Waals surface area contributed by atoms with E-state index in [0.717, 1.165) is 5.56 Å². The van der Waals surface area contributed by atoms with E-state index in [1.54, 1.807) is 6.07 Å². The SMILES string of the molecule is CNC(C)(C)c1ccc(Cl)c(NC(=O)OC(C)(C)C)c1. The van der Waals surface area contributed by atoms with Crippen LogP contribution in [0.4, 0.5) is 10.5 Å². The summed E-state index contributed by atoms with van der Waals surface area (Å²) < 4.78 is 5.22. The van der Waals surface area contributed by atoms with E-state index in [1.165, 1.54) is 0 Å². The van der Waals surface area contributed by atoms with Gasteiger partial charge in [-0.15, -0.1) is 0 Å². The molecule has 0 saturated heterocycles. The average Bonchev–Trinajstić information content (AvgIpc) is 2.29. The molecule has 1 rings (SSSR count). The summed E-state index contributed by atoms with van der Waals surface area (Å²) in [4.78, 5) is 11.8. The molecule has 5 heteroatoms. The molecule has 0 aromatic heterocycles. The van der Waals surface area contributed by atoms with Crippen LogP contribution < -0.4 is 10.6 Å². The van der Waals surface area contributed by atoms with E-state index in [4.69, 9.17) is 16.3 Å². The van der Waals surface area contributed by atoms with Gasteiger partial charge in [-0.1, -0.05) is 17.7 Å². The van der Waals surface area contributed by atoms with Gasteiger partial charge in [0.2, 0.25) is 0 Å². The zero-order valence-corrected chi connectivity index (χ0v) is 13.7. The first-order chi connectivity index (χ1) is 9.05. The molecule has 1 amide bonds. The lowest BCUT2D eigenvalue weighted by Crippen LogP contribution is -2.33. The third-order valence-corrected chi connectivity index (χ3v) is 3.28. The summed E-state index contributed by atoms with van der Waals surface area (Å²) in [7, 11) is 1.88. The van der Waals surface area contributed by atoms with Gasteiger partial charge in [0, 0.05) is 5.54 Å². The summed E-state index contributed by atoms with van der Waals surface area (Å²) in [5.41, 5.74) is 0.810. The van der Waals surface area contributed by atoms with Crippen molar-refractivity contribution in [2.75, 3.05) is 12.4 Å². The molecule has 1 aromatic carbocycles. The third-order valence-electron chi connectivity index (χ3n) is 2.95. The van der Waals surface area contributed by atoms with Crippen LogP contribution in [0.5, 0.6) is 0 Å². The lowest BCUT2D eigenvalue weighted by Gasteiger charge is -2.26. The summed E-state index contributed by atoms with van der Waals surface area (Å²) in [5.74, 6) is 0. The van der Waals surface area contributed by atoms with Crippen LogP contribution in [0.3, 0.4) is 0 Å². The van der Waals surface area contributed by atoms with E-state index in [9.17, 15) is 4.79 Å². The van der Waals surface area contributed by atoms with Gasteiger partial charge in [-0.3, -0.25) is 5.32 Å². The monoisotopic (exact) mass is 298 g/mol. The number of benzene rings is 1. The second-order valence-corrected chi connectivity index (χ2v) is 6.60. The first-order valence-electron chi connectivity index (χ1n) is 6.54. The zero-order chi connectivity index (χ0) is 15.6. The average molecular weight is 299 g/mol. The maximum atomic E-state index is 11.8. The first-order valence-corrected chi connectivity index (χ1v) is 6.92. The van der Waals surface area contributed by atoms with Crippen LogP contribution in [-0.4, -0.2) is 18.7 Å². The fraction of sp³-hybridized carbons (Fsp3) is 0.533. The van der Waals surface area contributed by atoms with Gasteiger partial charge in [-0.2, -0.15) is 0 Å². The van der Waals surface area contributed by atoms with Crippen molar-refractivity contribution >= 4 is 23.4 Å². The van der Waals surface area contributed by atoms with Crippen molar-refractivity contribution < 1.29 is 9.53 Å². The predicted octanol–water partition coefficient (Wildman–Crippen LogP) is 4.14. The number of nitrogens with one attached hydrogen (secondary N) is 2. The molecule has 0 spiro atoms. The maximum absolute atomic E-state index is 11.8. The van der Waals surface area contributed by atoms with Crippen LogP contribution in [0.2, 0.25) is 5.02 Å². The first kappa shape index (κ1) is 16.8. The Kier molecular flexibility index (Phi) is 5.05. The minimum absolute atomic E-state index is 0.213. The molecule has 0 bridgehead atoms. The summed E-state index contributed by atoms with van der Waals surface area (Å²) in [5, 5.41) is 6.37. The van der Waals surface area contributed by atoms with Crippen molar-refractivity contribution in [1.29, 1.82) is 0 Å². The Bertz CT molecular complexity index is 493. The second kappa shape index (κ2) is 6.02. The molecule has 0 aliphatic rings. The van der Waals surface area contributed by atoms with Gasteiger partial charge in [0.05, 0.1) is 10.7 Å². The Labute approximate surface area is 125 Å². The number of amides is 1. The Hall–Kier alpha value is -1.26. The third kappa shape index (κ3) is 4.69. The highest BCUT2D eigenvalue weighted by atomic mass is 35.5. The van der Waals surface area contributed by atoms with Gasteiger partial charge in [0.15, 0.2) is 0 Å². The van der Waals surface area contributed by atoms with E-state index in [2.05, 4.69) is 10.6 Å². The second-order valence-electron chi connectivity index (χ2n) is 6.20. The molecule has 0 unspecified atom stereocenters. The molecular formula is C15H23ClN2O2. The van der Waals surface area contributed by atoms with Crippen LogP contribution in [0.1, 0.15) is 40.2 Å². The van der Waals surface area contributed by atoms with E-state index in [0.29, 0.717) is 10.7 Å². The Morgan fingerprint density at radius 2 is 1.80 bits per heavy atom. The lowest BCUT2D eigenvalue weighted by atomic mass is 9.94. The molecule has 112 valence electrons. The Balaban J connectivity index is 2.96. The molecule has 4 nitrogen and oxygen atoms in total. The molecule has 0 fully saturated rings. The van der Waals surface area contributed by atoms with Crippen molar-refractivity contribution in [3.8, 4) is 0 Å². The normalized spacial score (nSPS) is 12.2. The molecule has 1 aromatic rings. The molecule has 0 saturated carbocycles. The molecule has 0 aliphatic carbocycles. The van der Waals surface area contributed by atoms with Gasteiger partial charge in [0.25, 0.3) is 0 Å². The number of anilines is 1. The van der Waals surface area contributed by atoms with Crippen LogP contribution in [0.25, 0.3) is 0 Å². The summed E-state index contributed by atoms with van der Waals surface area (Å²) in [6, 6.07) is 5.55. The highest BCUT2D eigenvalue weighted by molar-refractivity contribution is 6.33. The van der Waals surface area contributed by atoms with Crippen LogP contribution in [-0.2, 0) is 10.3 Å². The molecule has 2 N–H and O–H groups in total. The van der Waals surface area contributed by atoms with E-state index < -0.39 is 11.7 Å². The molecule has 0 aliphatic heterocycles. The van der Waals surface area contributed by atoms with E-state index in [1.807, 2.05) is 53.8 Å². The molecule has 0 atom stereocenters. The summed E-state index contributed by atoms with van der Waals surface area (Å²) in [6.07, 6.45) is -0.515. The number of hydrogen-bond donors (Lipinski definition) is 2. The van der Waals surface area contributed by atoms with Crippen LogP contribution >= 0.6 is 11.6 Å². The Morgan fingerprint density at radius 3 is 2.30 bits per heavy atom. The van der Waals surface area contributed by atoms with Gasteiger partial charge in [-0.05, 0) is 59.4 Å². The van der Waals surface area contributed by atoms with Gasteiger partial charge in [0.1, 0.15) is 5.60 Å². The highest BCUT2D eigenvalue weighted by Gasteiger charge is 2.21. The molecular weight excluding hydrogens is 276 g/mol. The number of halogens is 1. The van der Waals surface area contributed by atoms with Gasteiger partial charge >= 0.3 is 6.09 Å². The highest BCUT2D eigenvalue weighted by Crippen LogP contribution is 2.29. The molecule has 0 radical (unpaired) electrons. The minimum atomic E-state index is -0.543. The summed E-state index contributed by atoms with van der Waals surface area (Å²) in [6.45, 7) is 9.54. The molecule has 0 heterocycles. The van der Waals surface area contributed by atoms with Crippen LogP contribution in [0.15, 0.2) is 18.2 Å². The van der Waals surface area contributed by atoms with Crippen LogP contribution in [0, 0.1) is 0 Å². The fourth-order valence-corrected chi connectivity index (χ4v) is 1.73. The van der Waals surface area contributed by atoms with Crippen molar-refractivity contribution in [3.05, 3.63) is 28.8 Å². The number of ether oxygens (including phenoxy) is 1. The van der Waals surface area contributed by atoms with Crippen molar-refractivity contribution in [3.63, 3.8) is 0 Å². The van der Waals surface area contributed by atoms with Gasteiger partial charge < -0.3 is 10.1 Å². The lowest BCUT2D eigenvalue weighted by molar-refractivity contribution is 0.0636. The topological polar surface area (TPSA) is 50.4 Å². The smallest absolute Gasteiger partial charge is 0.412 e. The standard InChI is InChI=1S/C15H23ClN2O2/c1-14(2,3)20-13(19)18-12-9-10(7-8-11(12)16)15(4,5)17-6/h7-9,17H,1-6H3,(H,18,19). The van der Waals surface area contributed by atoms with E-state index in [-0.39, 0.29) is 5.54 Å². The number of carbonyl (C=O) groups excluding carboxylic acids is 1. The largest absolute Gasteiger partial charge is 0.444 e. The molecule has 20 heavy (non-hydrogen) atoms. The van der Waals surface area contributed by atoms with Gasteiger partial charge in [-0.25, -0.2) is 4.79 Å². The zero-order valence-electron chi connectivity index (χ0n) is 12.9. The fourth-order valence-electron chi connectivity index (χ4n) is 1.57.